The van der Waals surface area contributed by atoms with E-state index < -0.39 is 31.8 Å². The number of rotatable bonds is 5. The SMILES string of the molecule is OCCC(F)(F)COC1CCCCO1. The maximum absolute atomic E-state index is 12.8. The highest BCUT2D eigenvalue weighted by Crippen LogP contribution is 2.21. The molecule has 0 bridgehead atoms. The first-order chi connectivity index (χ1) is 6.64. The molecule has 0 amide bonds. The van der Waals surface area contributed by atoms with Crippen molar-refractivity contribution in [1.82, 2.24) is 0 Å². The molecule has 1 aliphatic rings. The van der Waals surface area contributed by atoms with Gasteiger partial charge in [0.2, 0.25) is 0 Å². The number of hydrogen-bond acceptors (Lipinski definition) is 3. The predicted octanol–water partition coefficient (Wildman–Crippen LogP) is 1.55. The van der Waals surface area contributed by atoms with Gasteiger partial charge in [-0.2, -0.15) is 0 Å². The van der Waals surface area contributed by atoms with Crippen LogP contribution in [0.5, 0.6) is 0 Å². The number of ether oxygens (including phenoxy) is 2. The molecule has 1 unspecified atom stereocenters. The highest BCUT2D eigenvalue weighted by Gasteiger charge is 2.30. The largest absolute Gasteiger partial charge is 0.396 e. The molecule has 14 heavy (non-hydrogen) atoms. The Hall–Kier alpha value is -0.260. The van der Waals surface area contributed by atoms with Crippen molar-refractivity contribution in [2.24, 2.45) is 0 Å². The Morgan fingerprint density at radius 1 is 1.43 bits per heavy atom. The Bertz CT molecular complexity index is 158. The summed E-state index contributed by atoms with van der Waals surface area (Å²) < 4.78 is 35.7. The molecular formula is C9H16F2O3. The van der Waals surface area contributed by atoms with E-state index in [4.69, 9.17) is 14.6 Å². The zero-order valence-electron chi connectivity index (χ0n) is 8.05. The molecule has 1 atom stereocenters. The summed E-state index contributed by atoms with van der Waals surface area (Å²) in [7, 11) is 0. The Balaban J connectivity index is 2.17. The van der Waals surface area contributed by atoms with Crippen LogP contribution in [-0.2, 0) is 9.47 Å². The number of aliphatic hydroxyl groups is 1. The van der Waals surface area contributed by atoms with Gasteiger partial charge in [0.15, 0.2) is 6.29 Å². The molecule has 1 heterocycles. The molecule has 1 fully saturated rings. The summed E-state index contributed by atoms with van der Waals surface area (Å²) in [4.78, 5) is 0. The van der Waals surface area contributed by atoms with Gasteiger partial charge in [-0.3, -0.25) is 0 Å². The third-order valence-corrected chi connectivity index (χ3v) is 2.10. The van der Waals surface area contributed by atoms with Crippen LogP contribution in [0.1, 0.15) is 25.7 Å². The van der Waals surface area contributed by atoms with Crippen LogP contribution < -0.4 is 0 Å². The maximum Gasteiger partial charge on any atom is 0.273 e. The lowest BCUT2D eigenvalue weighted by Gasteiger charge is -2.25. The molecule has 1 saturated heterocycles. The Morgan fingerprint density at radius 3 is 2.79 bits per heavy atom. The number of aliphatic hydroxyl groups excluding tert-OH is 1. The molecule has 0 saturated carbocycles. The summed E-state index contributed by atoms with van der Waals surface area (Å²) in [6.07, 6.45) is 1.55. The van der Waals surface area contributed by atoms with Crippen LogP contribution in [0.15, 0.2) is 0 Å². The molecule has 0 aromatic carbocycles. The fraction of sp³-hybridized carbons (Fsp3) is 1.00. The highest BCUT2D eigenvalue weighted by atomic mass is 19.3. The van der Waals surface area contributed by atoms with Gasteiger partial charge in [-0.25, -0.2) is 8.78 Å². The normalized spacial score (nSPS) is 23.8. The zero-order chi connectivity index (χ0) is 10.4. The Kier molecular flexibility index (Phi) is 4.71. The van der Waals surface area contributed by atoms with Crippen molar-refractivity contribution in [2.45, 2.75) is 37.9 Å². The second-order valence-electron chi connectivity index (χ2n) is 3.44. The van der Waals surface area contributed by atoms with Gasteiger partial charge in [-0.05, 0) is 19.3 Å². The summed E-state index contributed by atoms with van der Waals surface area (Å²) >= 11 is 0. The summed E-state index contributed by atoms with van der Waals surface area (Å²) in [6, 6.07) is 0. The van der Waals surface area contributed by atoms with Gasteiger partial charge >= 0.3 is 0 Å². The molecule has 3 nitrogen and oxygen atoms in total. The Labute approximate surface area is 82.0 Å². The van der Waals surface area contributed by atoms with E-state index in [1.54, 1.807) is 0 Å². The molecule has 0 aromatic rings. The smallest absolute Gasteiger partial charge is 0.273 e. The van der Waals surface area contributed by atoms with Gasteiger partial charge in [0.25, 0.3) is 5.92 Å². The number of halogens is 2. The van der Waals surface area contributed by atoms with Crippen molar-refractivity contribution in [3.8, 4) is 0 Å². The fourth-order valence-electron chi connectivity index (χ4n) is 1.29. The highest BCUT2D eigenvalue weighted by molar-refractivity contribution is 4.65. The van der Waals surface area contributed by atoms with Crippen LogP contribution in [0.3, 0.4) is 0 Å². The van der Waals surface area contributed by atoms with E-state index in [0.717, 1.165) is 12.8 Å². The molecule has 1 N–H and O–H groups in total. The van der Waals surface area contributed by atoms with Crippen molar-refractivity contribution in [2.75, 3.05) is 19.8 Å². The van der Waals surface area contributed by atoms with Crippen LogP contribution >= 0.6 is 0 Å². The average molecular weight is 210 g/mol. The van der Waals surface area contributed by atoms with Crippen molar-refractivity contribution in [1.29, 1.82) is 0 Å². The summed E-state index contributed by atoms with van der Waals surface area (Å²) in [6.45, 7) is -0.615. The molecule has 1 rings (SSSR count). The van der Waals surface area contributed by atoms with Crippen LogP contribution in [0, 0.1) is 0 Å². The van der Waals surface area contributed by atoms with Gasteiger partial charge in [0.1, 0.15) is 6.61 Å². The van der Waals surface area contributed by atoms with Crippen molar-refractivity contribution < 1.29 is 23.4 Å². The first-order valence-electron chi connectivity index (χ1n) is 4.86. The van der Waals surface area contributed by atoms with Crippen molar-refractivity contribution in [3.63, 3.8) is 0 Å². The summed E-state index contributed by atoms with van der Waals surface area (Å²) in [5.41, 5.74) is 0. The van der Waals surface area contributed by atoms with Crippen LogP contribution in [-0.4, -0.2) is 37.1 Å². The molecule has 1 aliphatic heterocycles. The fourth-order valence-corrected chi connectivity index (χ4v) is 1.29. The Morgan fingerprint density at radius 2 is 2.21 bits per heavy atom. The molecule has 0 spiro atoms. The molecular weight excluding hydrogens is 194 g/mol. The van der Waals surface area contributed by atoms with E-state index in [1.807, 2.05) is 0 Å². The molecule has 0 aromatic heterocycles. The second-order valence-corrected chi connectivity index (χ2v) is 3.44. The maximum atomic E-state index is 12.8. The first-order valence-corrected chi connectivity index (χ1v) is 4.86. The quantitative estimate of drug-likeness (QED) is 0.748. The minimum atomic E-state index is -2.95. The van der Waals surface area contributed by atoms with Gasteiger partial charge in [0, 0.05) is 19.6 Å². The zero-order valence-corrected chi connectivity index (χ0v) is 8.05. The number of alkyl halides is 2. The van der Waals surface area contributed by atoms with Crippen LogP contribution in [0.25, 0.3) is 0 Å². The van der Waals surface area contributed by atoms with Gasteiger partial charge < -0.3 is 14.6 Å². The third-order valence-electron chi connectivity index (χ3n) is 2.10. The average Bonchev–Trinajstić information content (AvgIpc) is 2.17. The monoisotopic (exact) mass is 210 g/mol. The second kappa shape index (κ2) is 5.58. The van der Waals surface area contributed by atoms with E-state index in [1.165, 1.54) is 0 Å². The van der Waals surface area contributed by atoms with Gasteiger partial charge in [-0.15, -0.1) is 0 Å². The van der Waals surface area contributed by atoms with E-state index in [9.17, 15) is 8.78 Å². The van der Waals surface area contributed by atoms with E-state index in [2.05, 4.69) is 0 Å². The summed E-state index contributed by atoms with van der Waals surface area (Å²) in [5.74, 6) is -2.95. The molecule has 5 heteroatoms. The first kappa shape index (κ1) is 11.8. The lowest BCUT2D eigenvalue weighted by Crippen LogP contribution is -2.31. The van der Waals surface area contributed by atoms with E-state index in [0.29, 0.717) is 13.0 Å². The molecule has 0 radical (unpaired) electrons. The van der Waals surface area contributed by atoms with Crippen molar-refractivity contribution >= 4 is 0 Å². The third kappa shape index (κ3) is 4.30. The van der Waals surface area contributed by atoms with Crippen LogP contribution in [0.2, 0.25) is 0 Å². The topological polar surface area (TPSA) is 38.7 Å². The number of hydrogen-bond donors (Lipinski definition) is 1. The molecule has 84 valence electrons. The van der Waals surface area contributed by atoms with Gasteiger partial charge in [0.05, 0.1) is 0 Å². The lowest BCUT2D eigenvalue weighted by molar-refractivity contribution is -0.202. The van der Waals surface area contributed by atoms with Crippen molar-refractivity contribution in [3.05, 3.63) is 0 Å². The standard InChI is InChI=1S/C9H16F2O3/c10-9(11,4-5-12)7-14-8-3-1-2-6-13-8/h8,12H,1-7H2. The predicted molar refractivity (Wildman–Crippen MR) is 46.2 cm³/mol. The molecule has 0 aliphatic carbocycles. The van der Waals surface area contributed by atoms with E-state index >= 15 is 0 Å². The summed E-state index contributed by atoms with van der Waals surface area (Å²) in [5, 5.41) is 8.37. The van der Waals surface area contributed by atoms with Crippen LogP contribution in [0.4, 0.5) is 8.78 Å². The van der Waals surface area contributed by atoms with Gasteiger partial charge in [-0.1, -0.05) is 0 Å². The van der Waals surface area contributed by atoms with E-state index in [-0.39, 0.29) is 0 Å². The minimum absolute atomic E-state index is 0.492. The lowest BCUT2D eigenvalue weighted by atomic mass is 10.2. The minimum Gasteiger partial charge on any atom is -0.396 e.